The van der Waals surface area contributed by atoms with Crippen LogP contribution in [0.4, 0.5) is 0 Å². The van der Waals surface area contributed by atoms with E-state index in [0.717, 1.165) is 30.4 Å². The molecule has 2 saturated heterocycles. The van der Waals surface area contributed by atoms with Crippen LogP contribution in [0.25, 0.3) is 0 Å². The summed E-state index contributed by atoms with van der Waals surface area (Å²) < 4.78 is 0.822. The summed E-state index contributed by atoms with van der Waals surface area (Å²) in [5.74, 6) is -0.0802. The van der Waals surface area contributed by atoms with E-state index in [4.69, 9.17) is 0 Å². The highest BCUT2D eigenvalue weighted by Crippen LogP contribution is 2.20. The molecular weight excluding hydrogens is 332 g/mol. The van der Waals surface area contributed by atoms with E-state index >= 15 is 0 Å². The molecule has 1 N–H and O–H groups in total. The smallest absolute Gasteiger partial charge is 0.267 e. The van der Waals surface area contributed by atoms with Crippen LogP contribution in [0, 0.1) is 0 Å². The summed E-state index contributed by atoms with van der Waals surface area (Å²) in [6.45, 7) is 4.35. The zero-order valence-corrected chi connectivity index (χ0v) is 13.7. The van der Waals surface area contributed by atoms with Gasteiger partial charge in [0.15, 0.2) is 0 Å². The van der Waals surface area contributed by atoms with Crippen molar-refractivity contribution in [3.8, 4) is 0 Å². The van der Waals surface area contributed by atoms with E-state index in [9.17, 15) is 4.79 Å². The van der Waals surface area contributed by atoms with Gasteiger partial charge in [-0.15, -0.1) is 0 Å². The maximum atomic E-state index is 12.2. The fourth-order valence-electron chi connectivity index (χ4n) is 3.19. The van der Waals surface area contributed by atoms with Crippen molar-refractivity contribution in [2.45, 2.75) is 31.7 Å². The van der Waals surface area contributed by atoms with Crippen LogP contribution in [0.3, 0.4) is 0 Å². The number of piperidine rings is 1. The summed E-state index contributed by atoms with van der Waals surface area (Å²) in [7, 11) is 0. The molecule has 1 aromatic rings. The molecule has 0 aliphatic carbocycles. The van der Waals surface area contributed by atoms with E-state index < -0.39 is 0 Å². The average Bonchev–Trinajstić information content (AvgIpc) is 3.02. The summed E-state index contributed by atoms with van der Waals surface area (Å²) in [6, 6.07) is 2.49. The third-order valence-electron chi connectivity index (χ3n) is 4.35. The van der Waals surface area contributed by atoms with Gasteiger partial charge in [0.05, 0.1) is 5.56 Å². The van der Waals surface area contributed by atoms with E-state index in [-0.39, 0.29) is 5.91 Å². The molecule has 114 valence electrons. The lowest BCUT2D eigenvalue weighted by Gasteiger charge is -2.36. The number of pyridine rings is 1. The molecular formula is C15H21BrN4O. The van der Waals surface area contributed by atoms with E-state index in [1.165, 1.54) is 25.9 Å². The van der Waals surface area contributed by atoms with Crippen LogP contribution in [-0.4, -0.2) is 53.0 Å². The number of rotatable bonds is 3. The van der Waals surface area contributed by atoms with Crippen molar-refractivity contribution in [2.75, 3.05) is 26.2 Å². The monoisotopic (exact) mass is 352 g/mol. The summed E-state index contributed by atoms with van der Waals surface area (Å²) in [5.41, 5.74) is 3.58. The molecule has 1 aromatic heterocycles. The Labute approximate surface area is 133 Å². The number of carbonyl (C=O) groups is 1. The molecule has 0 aromatic carbocycles. The number of nitrogens with one attached hydrogen (secondary N) is 1. The van der Waals surface area contributed by atoms with Crippen molar-refractivity contribution in [1.82, 2.24) is 20.3 Å². The first-order chi connectivity index (χ1) is 10.2. The predicted molar refractivity (Wildman–Crippen MR) is 84.8 cm³/mol. The van der Waals surface area contributed by atoms with Gasteiger partial charge in [-0.3, -0.25) is 15.2 Å². The quantitative estimate of drug-likeness (QED) is 0.904. The highest BCUT2D eigenvalue weighted by molar-refractivity contribution is 9.10. The van der Waals surface area contributed by atoms with Gasteiger partial charge in [-0.05, 0) is 60.8 Å². The predicted octanol–water partition coefficient (Wildman–Crippen LogP) is 2.05. The van der Waals surface area contributed by atoms with Crippen molar-refractivity contribution in [2.24, 2.45) is 0 Å². The molecule has 0 bridgehead atoms. The zero-order chi connectivity index (χ0) is 14.7. The fourth-order valence-corrected chi connectivity index (χ4v) is 3.56. The molecule has 2 fully saturated rings. The molecule has 5 nitrogen and oxygen atoms in total. The number of nitrogens with zero attached hydrogens (tertiary/aromatic N) is 3. The number of hydrazine groups is 1. The molecule has 1 amide bonds. The van der Waals surface area contributed by atoms with E-state index in [1.807, 2.05) is 5.01 Å². The molecule has 3 heterocycles. The second-order valence-electron chi connectivity index (χ2n) is 5.79. The third-order valence-corrected chi connectivity index (χ3v) is 4.78. The van der Waals surface area contributed by atoms with E-state index in [0.29, 0.717) is 11.6 Å². The number of halogens is 1. The maximum Gasteiger partial charge on any atom is 0.267 e. The van der Waals surface area contributed by atoms with Crippen LogP contribution in [-0.2, 0) is 0 Å². The largest absolute Gasteiger partial charge is 0.300 e. The van der Waals surface area contributed by atoms with Crippen LogP contribution in [0.15, 0.2) is 22.9 Å². The van der Waals surface area contributed by atoms with E-state index in [1.54, 1.807) is 18.5 Å². The summed E-state index contributed by atoms with van der Waals surface area (Å²) in [6.07, 6.45) is 8.23. The number of hydrogen-bond donors (Lipinski definition) is 1. The van der Waals surface area contributed by atoms with Crippen LogP contribution < -0.4 is 5.43 Å². The lowest BCUT2D eigenvalue weighted by Crippen LogP contribution is -2.50. The summed E-state index contributed by atoms with van der Waals surface area (Å²) in [5, 5.41) is 2.04. The fraction of sp³-hybridized carbons (Fsp3) is 0.600. The molecule has 0 atom stereocenters. The van der Waals surface area contributed by atoms with Gasteiger partial charge in [-0.2, -0.15) is 0 Å². The third kappa shape index (κ3) is 3.81. The molecule has 0 spiro atoms. The van der Waals surface area contributed by atoms with Gasteiger partial charge in [-0.25, -0.2) is 5.01 Å². The number of carbonyl (C=O) groups excluding carboxylic acids is 1. The topological polar surface area (TPSA) is 48.5 Å². The minimum atomic E-state index is -0.0802. The molecule has 6 heteroatoms. The Morgan fingerprint density at radius 3 is 2.57 bits per heavy atom. The van der Waals surface area contributed by atoms with Gasteiger partial charge < -0.3 is 4.90 Å². The number of amides is 1. The van der Waals surface area contributed by atoms with Gasteiger partial charge in [-0.1, -0.05) is 0 Å². The molecule has 21 heavy (non-hydrogen) atoms. The Balaban J connectivity index is 1.49. The molecule has 0 saturated carbocycles. The normalized spacial score (nSPS) is 21.6. The maximum absolute atomic E-state index is 12.2. The van der Waals surface area contributed by atoms with Crippen molar-refractivity contribution >= 4 is 21.8 Å². The van der Waals surface area contributed by atoms with Gasteiger partial charge in [0, 0.05) is 36.0 Å². The van der Waals surface area contributed by atoms with Crippen molar-refractivity contribution in [3.63, 3.8) is 0 Å². The Morgan fingerprint density at radius 1 is 1.19 bits per heavy atom. The van der Waals surface area contributed by atoms with E-state index in [2.05, 4.69) is 31.2 Å². The number of likely N-dealkylation sites (tertiary alicyclic amines) is 1. The zero-order valence-electron chi connectivity index (χ0n) is 12.1. The summed E-state index contributed by atoms with van der Waals surface area (Å²) >= 11 is 3.34. The Kier molecular flexibility index (Phi) is 4.87. The van der Waals surface area contributed by atoms with Crippen molar-refractivity contribution in [1.29, 1.82) is 0 Å². The van der Waals surface area contributed by atoms with Crippen LogP contribution in [0.2, 0.25) is 0 Å². The Bertz CT molecular complexity index is 496. The highest BCUT2D eigenvalue weighted by Gasteiger charge is 2.27. The number of hydrogen-bond acceptors (Lipinski definition) is 4. The lowest BCUT2D eigenvalue weighted by molar-refractivity contribution is 0.0630. The lowest BCUT2D eigenvalue weighted by atomic mass is 10.0. The first kappa shape index (κ1) is 14.9. The minimum absolute atomic E-state index is 0.0802. The second kappa shape index (κ2) is 6.85. The van der Waals surface area contributed by atoms with Crippen LogP contribution >= 0.6 is 15.9 Å². The number of aromatic nitrogens is 1. The first-order valence-corrected chi connectivity index (χ1v) is 8.42. The van der Waals surface area contributed by atoms with Crippen LogP contribution in [0.1, 0.15) is 36.0 Å². The average molecular weight is 353 g/mol. The highest BCUT2D eigenvalue weighted by atomic mass is 79.9. The van der Waals surface area contributed by atoms with Gasteiger partial charge >= 0.3 is 0 Å². The van der Waals surface area contributed by atoms with Gasteiger partial charge in [0.1, 0.15) is 0 Å². The molecule has 0 unspecified atom stereocenters. The Morgan fingerprint density at radius 2 is 1.90 bits per heavy atom. The summed E-state index contributed by atoms with van der Waals surface area (Å²) in [4.78, 5) is 18.8. The second-order valence-corrected chi connectivity index (χ2v) is 6.71. The van der Waals surface area contributed by atoms with Crippen molar-refractivity contribution < 1.29 is 4.79 Å². The Hall–Kier alpha value is -0.980. The van der Waals surface area contributed by atoms with Crippen LogP contribution in [0.5, 0.6) is 0 Å². The first-order valence-electron chi connectivity index (χ1n) is 7.63. The molecule has 3 rings (SSSR count). The SMILES string of the molecule is O=C(NN1CCC(N2CCCC2)CC1)c1cncc(Br)c1. The van der Waals surface area contributed by atoms with Crippen molar-refractivity contribution in [3.05, 3.63) is 28.5 Å². The minimum Gasteiger partial charge on any atom is -0.300 e. The molecule has 2 aliphatic heterocycles. The molecule has 2 aliphatic rings. The standard InChI is InChI=1S/C15H21BrN4O/c16-13-9-12(10-17-11-13)15(21)18-20-7-3-14(4-8-20)19-5-1-2-6-19/h9-11,14H,1-8H2,(H,18,21). The molecule has 0 radical (unpaired) electrons. The van der Waals surface area contributed by atoms with Gasteiger partial charge in [0.2, 0.25) is 0 Å². The van der Waals surface area contributed by atoms with Gasteiger partial charge in [0.25, 0.3) is 5.91 Å².